The van der Waals surface area contributed by atoms with Crippen LogP contribution in [0.1, 0.15) is 5.56 Å². The van der Waals surface area contributed by atoms with Gasteiger partial charge in [0.2, 0.25) is 0 Å². The molecule has 4 rings (SSSR count). The molecule has 1 N–H and O–H groups in total. The summed E-state index contributed by atoms with van der Waals surface area (Å²) in [5.74, 6) is 0.0191. The summed E-state index contributed by atoms with van der Waals surface area (Å²) in [5, 5.41) is 7.92. The second-order valence-electron chi connectivity index (χ2n) is 6.28. The molecular weight excluding hydrogens is 372 g/mol. The summed E-state index contributed by atoms with van der Waals surface area (Å²) >= 11 is 0. The minimum Gasteiger partial charge on any atom is -0.340 e. The Morgan fingerprint density at radius 3 is 2.43 bits per heavy atom. The molecule has 4 nitrogen and oxygen atoms in total. The van der Waals surface area contributed by atoms with Gasteiger partial charge in [-0.05, 0) is 47.5 Å². The summed E-state index contributed by atoms with van der Waals surface area (Å²) < 4.78 is 53.7. The number of aromatic nitrogens is 3. The Morgan fingerprint density at radius 2 is 1.71 bits per heavy atom. The first-order chi connectivity index (χ1) is 13.3. The smallest absolute Gasteiger partial charge is 0.340 e. The van der Waals surface area contributed by atoms with Crippen LogP contribution >= 0.6 is 0 Å². The molecule has 0 bridgehead atoms. The third kappa shape index (κ3) is 3.40. The number of nitrogens with zero attached hydrogens (tertiary/aromatic N) is 3. The molecule has 2 aromatic heterocycles. The Bertz CT molecular complexity index is 1150. The van der Waals surface area contributed by atoms with E-state index in [-0.39, 0.29) is 0 Å². The second kappa shape index (κ2) is 6.63. The summed E-state index contributed by atoms with van der Waals surface area (Å²) in [4.78, 5) is 4.22. The van der Waals surface area contributed by atoms with Crippen molar-refractivity contribution in [2.24, 2.45) is 7.05 Å². The number of pyridine rings is 1. The van der Waals surface area contributed by atoms with Crippen molar-refractivity contribution in [3.63, 3.8) is 0 Å². The fourth-order valence-electron chi connectivity index (χ4n) is 2.99. The second-order valence-corrected chi connectivity index (χ2v) is 6.28. The number of benzene rings is 2. The number of rotatable bonds is 3. The van der Waals surface area contributed by atoms with Gasteiger partial charge in [0.25, 0.3) is 0 Å². The van der Waals surface area contributed by atoms with Crippen molar-refractivity contribution < 1.29 is 17.6 Å². The zero-order chi connectivity index (χ0) is 19.9. The van der Waals surface area contributed by atoms with Crippen LogP contribution in [0.5, 0.6) is 0 Å². The number of aryl methyl sites for hydroxylation is 1. The highest BCUT2D eigenvalue weighted by atomic mass is 19.4. The van der Waals surface area contributed by atoms with Gasteiger partial charge in [-0.25, -0.2) is 9.37 Å². The van der Waals surface area contributed by atoms with Crippen LogP contribution in [0.25, 0.3) is 22.0 Å². The van der Waals surface area contributed by atoms with E-state index >= 15 is 0 Å². The average Bonchev–Trinajstić information content (AvgIpc) is 3.02. The molecule has 0 saturated carbocycles. The molecule has 0 fully saturated rings. The average molecular weight is 386 g/mol. The van der Waals surface area contributed by atoms with E-state index in [0.717, 1.165) is 17.5 Å². The number of hydrogen-bond acceptors (Lipinski definition) is 3. The Morgan fingerprint density at radius 1 is 0.964 bits per heavy atom. The minimum atomic E-state index is -4.38. The zero-order valence-corrected chi connectivity index (χ0v) is 14.6. The quantitative estimate of drug-likeness (QED) is 0.471. The first-order valence-electron chi connectivity index (χ1n) is 8.33. The molecule has 0 unspecified atom stereocenters. The Labute approximate surface area is 157 Å². The maximum absolute atomic E-state index is 13.9. The molecule has 4 aromatic rings. The standard InChI is InChI=1S/C20H14F4N4/c1-28-18-10-15(21)9-17(16(18)11-26-28)27-19-8-13(6-7-25-19)12-2-4-14(5-3-12)20(22,23)24/h2-11H,1H3,(H,25,27). The van der Waals surface area contributed by atoms with Crippen molar-refractivity contribution in [2.75, 3.05) is 5.32 Å². The van der Waals surface area contributed by atoms with E-state index in [4.69, 9.17) is 0 Å². The van der Waals surface area contributed by atoms with Gasteiger partial charge in [-0.3, -0.25) is 4.68 Å². The highest BCUT2D eigenvalue weighted by Crippen LogP contribution is 2.32. The van der Waals surface area contributed by atoms with Gasteiger partial charge in [0.05, 0.1) is 23.0 Å². The fraction of sp³-hybridized carbons (Fsp3) is 0.100. The lowest BCUT2D eigenvalue weighted by Crippen LogP contribution is -2.04. The van der Waals surface area contributed by atoms with Crippen LogP contribution in [-0.2, 0) is 13.2 Å². The van der Waals surface area contributed by atoms with Gasteiger partial charge in [-0.2, -0.15) is 18.3 Å². The summed E-state index contributed by atoms with van der Waals surface area (Å²) in [6.07, 6.45) is -1.22. The van der Waals surface area contributed by atoms with E-state index in [1.54, 1.807) is 30.1 Å². The summed E-state index contributed by atoms with van der Waals surface area (Å²) in [7, 11) is 1.72. The van der Waals surface area contributed by atoms with Crippen molar-refractivity contribution in [3.05, 3.63) is 72.3 Å². The first kappa shape index (κ1) is 18.0. The molecule has 8 heteroatoms. The molecule has 0 aliphatic heterocycles. The van der Waals surface area contributed by atoms with E-state index < -0.39 is 17.6 Å². The third-order valence-electron chi connectivity index (χ3n) is 4.40. The first-order valence-corrected chi connectivity index (χ1v) is 8.33. The van der Waals surface area contributed by atoms with Gasteiger partial charge >= 0.3 is 6.18 Å². The van der Waals surface area contributed by atoms with Crippen molar-refractivity contribution in [1.82, 2.24) is 14.8 Å². The monoisotopic (exact) mass is 386 g/mol. The summed E-state index contributed by atoms with van der Waals surface area (Å²) in [6, 6.07) is 11.0. The maximum atomic E-state index is 13.9. The SMILES string of the molecule is Cn1ncc2c(Nc3cc(-c4ccc(C(F)(F)F)cc4)ccn3)cc(F)cc21. The van der Waals surface area contributed by atoms with Gasteiger partial charge in [0, 0.05) is 18.6 Å². The van der Waals surface area contributed by atoms with Crippen LogP contribution < -0.4 is 5.32 Å². The molecule has 142 valence electrons. The highest BCUT2D eigenvalue weighted by molar-refractivity contribution is 5.93. The number of nitrogens with one attached hydrogen (secondary N) is 1. The Kier molecular flexibility index (Phi) is 4.26. The highest BCUT2D eigenvalue weighted by Gasteiger charge is 2.29. The Balaban J connectivity index is 1.67. The normalized spacial score (nSPS) is 11.8. The van der Waals surface area contributed by atoms with Crippen molar-refractivity contribution in [3.8, 4) is 11.1 Å². The topological polar surface area (TPSA) is 42.7 Å². The van der Waals surface area contributed by atoms with E-state index in [0.29, 0.717) is 28.1 Å². The summed E-state index contributed by atoms with van der Waals surface area (Å²) in [6.45, 7) is 0. The number of alkyl halides is 3. The lowest BCUT2D eigenvalue weighted by molar-refractivity contribution is -0.137. The molecule has 2 aromatic carbocycles. The number of hydrogen-bond donors (Lipinski definition) is 1. The van der Waals surface area contributed by atoms with Gasteiger partial charge in [-0.15, -0.1) is 0 Å². The fourth-order valence-corrected chi connectivity index (χ4v) is 2.99. The maximum Gasteiger partial charge on any atom is 0.416 e. The van der Waals surface area contributed by atoms with Crippen molar-refractivity contribution in [2.45, 2.75) is 6.18 Å². The minimum absolute atomic E-state index is 0.419. The van der Waals surface area contributed by atoms with E-state index in [1.807, 2.05) is 0 Å². The van der Waals surface area contributed by atoms with Crippen molar-refractivity contribution in [1.29, 1.82) is 0 Å². The van der Waals surface area contributed by atoms with E-state index in [9.17, 15) is 17.6 Å². The van der Waals surface area contributed by atoms with Crippen LogP contribution in [0.3, 0.4) is 0 Å². The van der Waals surface area contributed by atoms with Crippen LogP contribution in [0.2, 0.25) is 0 Å². The lowest BCUT2D eigenvalue weighted by Gasteiger charge is -2.10. The zero-order valence-electron chi connectivity index (χ0n) is 14.6. The van der Waals surface area contributed by atoms with E-state index in [2.05, 4.69) is 15.4 Å². The molecule has 0 saturated heterocycles. The predicted molar refractivity (Wildman–Crippen MR) is 98.6 cm³/mol. The van der Waals surface area contributed by atoms with Gasteiger partial charge in [0.1, 0.15) is 11.6 Å². The predicted octanol–water partition coefficient (Wildman–Crippen LogP) is 5.54. The third-order valence-corrected chi connectivity index (χ3v) is 4.40. The molecular formula is C20H14F4N4. The molecule has 0 spiro atoms. The molecule has 0 aliphatic carbocycles. The number of halogens is 4. The van der Waals surface area contributed by atoms with E-state index in [1.165, 1.54) is 30.5 Å². The summed E-state index contributed by atoms with van der Waals surface area (Å²) in [5.41, 5.74) is 1.72. The Hall–Kier alpha value is -3.42. The van der Waals surface area contributed by atoms with Crippen LogP contribution in [0.4, 0.5) is 29.1 Å². The van der Waals surface area contributed by atoms with Gasteiger partial charge < -0.3 is 5.32 Å². The van der Waals surface area contributed by atoms with Gasteiger partial charge in [-0.1, -0.05) is 12.1 Å². The van der Waals surface area contributed by atoms with Crippen molar-refractivity contribution >= 4 is 22.4 Å². The molecule has 0 atom stereocenters. The molecule has 0 radical (unpaired) electrons. The number of anilines is 2. The molecule has 0 amide bonds. The largest absolute Gasteiger partial charge is 0.416 e. The molecule has 2 heterocycles. The van der Waals surface area contributed by atoms with Crippen LogP contribution in [0, 0.1) is 5.82 Å². The van der Waals surface area contributed by atoms with Crippen LogP contribution in [-0.4, -0.2) is 14.8 Å². The molecule has 0 aliphatic rings. The molecule has 28 heavy (non-hydrogen) atoms. The lowest BCUT2D eigenvalue weighted by atomic mass is 10.0. The van der Waals surface area contributed by atoms with Crippen LogP contribution in [0.15, 0.2) is 60.9 Å². The van der Waals surface area contributed by atoms with Gasteiger partial charge in [0.15, 0.2) is 0 Å². The number of fused-ring (bicyclic) bond motifs is 1.